The van der Waals surface area contributed by atoms with Crippen molar-refractivity contribution in [3.8, 4) is 5.75 Å². The fourth-order valence-electron chi connectivity index (χ4n) is 0.822. The average Bonchev–Trinajstić information content (AvgIpc) is 1.99. The van der Waals surface area contributed by atoms with E-state index >= 15 is 0 Å². The van der Waals surface area contributed by atoms with Crippen molar-refractivity contribution in [3.05, 3.63) is 34.1 Å². The predicted molar refractivity (Wildman–Crippen MR) is 46.8 cm³/mol. The van der Waals surface area contributed by atoms with Gasteiger partial charge in [-0.2, -0.15) is 17.9 Å². The molecular formula is C6H5FN2O5S. The molecule has 1 rings (SSSR count). The molecule has 0 aliphatic heterocycles. The highest BCUT2D eigenvalue weighted by atomic mass is 32.2. The molecule has 0 aliphatic carbocycles. The Morgan fingerprint density at radius 3 is 2.47 bits per heavy atom. The largest absolute Gasteiger partial charge is 0.380 e. The van der Waals surface area contributed by atoms with Gasteiger partial charge in [-0.3, -0.25) is 10.1 Å². The van der Waals surface area contributed by atoms with Gasteiger partial charge in [0.2, 0.25) is 5.82 Å². The fourth-order valence-corrected chi connectivity index (χ4v) is 1.19. The summed E-state index contributed by atoms with van der Waals surface area (Å²) in [7, 11) is -4.26. The number of nitrogens with zero attached hydrogens (tertiary/aromatic N) is 1. The minimum absolute atomic E-state index is 0.430. The van der Waals surface area contributed by atoms with Gasteiger partial charge in [-0.25, -0.2) is 0 Å². The molecule has 0 unspecified atom stereocenters. The van der Waals surface area contributed by atoms with Gasteiger partial charge in [0.25, 0.3) is 0 Å². The topological polar surface area (TPSA) is 113 Å². The third-order valence-corrected chi connectivity index (χ3v) is 1.75. The normalized spacial score (nSPS) is 11.1. The van der Waals surface area contributed by atoms with E-state index in [2.05, 4.69) is 9.32 Å². The highest BCUT2D eigenvalue weighted by Crippen LogP contribution is 2.22. The first-order valence-electron chi connectivity index (χ1n) is 3.46. The van der Waals surface area contributed by atoms with E-state index in [0.29, 0.717) is 6.07 Å². The first-order chi connectivity index (χ1) is 6.79. The Balaban J connectivity index is 3.07. The molecule has 0 amide bonds. The molecule has 0 aromatic heterocycles. The highest BCUT2D eigenvalue weighted by Gasteiger charge is 2.15. The van der Waals surface area contributed by atoms with Gasteiger partial charge in [0.1, 0.15) is 5.75 Å². The molecule has 0 fully saturated rings. The van der Waals surface area contributed by atoms with Crippen molar-refractivity contribution in [2.45, 2.75) is 0 Å². The second-order valence-corrected chi connectivity index (χ2v) is 3.60. The zero-order valence-corrected chi connectivity index (χ0v) is 7.90. The quantitative estimate of drug-likeness (QED) is 0.599. The average molecular weight is 236 g/mol. The summed E-state index contributed by atoms with van der Waals surface area (Å²) in [5, 5.41) is 14.7. The van der Waals surface area contributed by atoms with Crippen LogP contribution in [0.5, 0.6) is 5.75 Å². The van der Waals surface area contributed by atoms with Gasteiger partial charge < -0.3 is 4.18 Å². The molecule has 7 nitrogen and oxygen atoms in total. The summed E-state index contributed by atoms with van der Waals surface area (Å²) < 4.78 is 37.9. The summed E-state index contributed by atoms with van der Waals surface area (Å²) in [4.78, 5) is 9.25. The van der Waals surface area contributed by atoms with Gasteiger partial charge in [0, 0.05) is 12.1 Å². The lowest BCUT2D eigenvalue weighted by Crippen LogP contribution is -2.19. The molecule has 0 radical (unpaired) electrons. The van der Waals surface area contributed by atoms with E-state index in [1.807, 2.05) is 0 Å². The van der Waals surface area contributed by atoms with Crippen LogP contribution in [-0.4, -0.2) is 13.3 Å². The Hall–Kier alpha value is -1.74. The lowest BCUT2D eigenvalue weighted by Gasteiger charge is -2.01. The third-order valence-electron chi connectivity index (χ3n) is 1.33. The highest BCUT2D eigenvalue weighted by molar-refractivity contribution is 7.84. The minimum atomic E-state index is -4.26. The molecule has 15 heavy (non-hydrogen) atoms. The molecule has 0 spiro atoms. The van der Waals surface area contributed by atoms with E-state index in [0.717, 1.165) is 12.1 Å². The molecule has 1 aromatic carbocycles. The van der Waals surface area contributed by atoms with Crippen LogP contribution in [-0.2, 0) is 10.3 Å². The summed E-state index contributed by atoms with van der Waals surface area (Å²) in [5.74, 6) is -1.64. The van der Waals surface area contributed by atoms with Gasteiger partial charge >= 0.3 is 16.0 Å². The zero-order valence-electron chi connectivity index (χ0n) is 7.08. The van der Waals surface area contributed by atoms with Crippen molar-refractivity contribution < 1.29 is 21.9 Å². The monoisotopic (exact) mass is 236 g/mol. The van der Waals surface area contributed by atoms with Gasteiger partial charge in [-0.15, -0.1) is 0 Å². The van der Waals surface area contributed by atoms with Crippen molar-refractivity contribution in [3.63, 3.8) is 0 Å². The molecule has 1 aromatic rings. The Bertz CT molecular complexity index is 500. The predicted octanol–water partition coefficient (Wildman–Crippen LogP) is 0.316. The Kier molecular flexibility index (Phi) is 2.86. The molecule has 9 heteroatoms. The molecule has 2 N–H and O–H groups in total. The molecule has 0 atom stereocenters. The summed E-state index contributed by atoms with van der Waals surface area (Å²) in [6.45, 7) is 0. The fraction of sp³-hybridized carbons (Fsp3) is 0. The molecule has 0 saturated heterocycles. The molecule has 0 saturated carbocycles. The van der Waals surface area contributed by atoms with Crippen molar-refractivity contribution in [1.82, 2.24) is 0 Å². The number of nitro groups is 1. The molecular weight excluding hydrogens is 231 g/mol. The van der Waals surface area contributed by atoms with Crippen LogP contribution in [0.25, 0.3) is 0 Å². The van der Waals surface area contributed by atoms with Crippen LogP contribution in [0.1, 0.15) is 0 Å². The van der Waals surface area contributed by atoms with Gasteiger partial charge in [0.05, 0.1) is 4.92 Å². The van der Waals surface area contributed by atoms with Crippen molar-refractivity contribution in [1.29, 1.82) is 0 Å². The van der Waals surface area contributed by atoms with E-state index in [9.17, 15) is 22.9 Å². The summed E-state index contributed by atoms with van der Waals surface area (Å²) in [6, 6.07) is 2.25. The van der Waals surface area contributed by atoms with Crippen molar-refractivity contribution >= 4 is 16.0 Å². The van der Waals surface area contributed by atoms with Crippen molar-refractivity contribution in [2.75, 3.05) is 0 Å². The lowest BCUT2D eigenvalue weighted by atomic mass is 10.3. The zero-order chi connectivity index (χ0) is 11.6. The van der Waals surface area contributed by atoms with Crippen LogP contribution >= 0.6 is 0 Å². The molecule has 0 aliphatic rings. The molecule has 82 valence electrons. The summed E-state index contributed by atoms with van der Waals surface area (Å²) in [6.07, 6.45) is 0. The minimum Gasteiger partial charge on any atom is -0.371 e. The molecule has 0 heterocycles. The lowest BCUT2D eigenvalue weighted by molar-refractivity contribution is -0.387. The van der Waals surface area contributed by atoms with Crippen molar-refractivity contribution in [2.24, 2.45) is 5.14 Å². The third kappa shape index (κ3) is 3.14. The Morgan fingerprint density at radius 1 is 1.47 bits per heavy atom. The van der Waals surface area contributed by atoms with Crippen LogP contribution in [0.4, 0.5) is 10.1 Å². The molecule has 0 bridgehead atoms. The van der Waals surface area contributed by atoms with Crippen LogP contribution in [0, 0.1) is 15.9 Å². The van der Waals surface area contributed by atoms with E-state index in [1.54, 1.807) is 0 Å². The SMILES string of the molecule is NS(=O)(=O)Oc1ccc([N+](=O)[O-])c(F)c1. The van der Waals surface area contributed by atoms with Gasteiger partial charge in [-0.05, 0) is 6.07 Å². The van der Waals surface area contributed by atoms with Gasteiger partial charge in [-0.1, -0.05) is 0 Å². The van der Waals surface area contributed by atoms with Crippen LogP contribution < -0.4 is 9.32 Å². The first-order valence-corrected chi connectivity index (χ1v) is 4.93. The standard InChI is InChI=1S/C6H5FN2O5S/c7-5-3-4(14-15(8,12)13)1-2-6(5)9(10)11/h1-3H,(H2,8,12,13). The second kappa shape index (κ2) is 3.79. The smallest absolute Gasteiger partial charge is 0.371 e. The number of hydrogen-bond donors (Lipinski definition) is 1. The van der Waals surface area contributed by atoms with Crippen LogP contribution in [0.3, 0.4) is 0 Å². The maximum absolute atomic E-state index is 12.9. The Labute approximate surface area is 83.7 Å². The van der Waals surface area contributed by atoms with Crippen LogP contribution in [0.2, 0.25) is 0 Å². The number of halogens is 1. The Morgan fingerprint density at radius 2 is 2.07 bits per heavy atom. The van der Waals surface area contributed by atoms with Gasteiger partial charge in [0.15, 0.2) is 0 Å². The van der Waals surface area contributed by atoms with E-state index in [-0.39, 0.29) is 0 Å². The maximum atomic E-state index is 12.9. The number of benzene rings is 1. The number of rotatable bonds is 3. The van der Waals surface area contributed by atoms with E-state index in [1.165, 1.54) is 0 Å². The van der Waals surface area contributed by atoms with E-state index in [4.69, 9.17) is 0 Å². The first kappa shape index (κ1) is 11.3. The number of nitro benzene ring substituents is 1. The van der Waals surface area contributed by atoms with E-state index < -0.39 is 32.5 Å². The maximum Gasteiger partial charge on any atom is 0.380 e. The summed E-state index contributed by atoms with van der Waals surface area (Å²) in [5.41, 5.74) is -0.781. The summed E-state index contributed by atoms with van der Waals surface area (Å²) >= 11 is 0. The van der Waals surface area contributed by atoms with Crippen LogP contribution in [0.15, 0.2) is 18.2 Å². The second-order valence-electron chi connectivity index (χ2n) is 2.45. The number of hydrogen-bond acceptors (Lipinski definition) is 5. The number of nitrogens with two attached hydrogens (primary N) is 1.